The standard InChI is InChI=1S/C13H25NO/c1-2-8-15-10-12-5-3-4-11(12)9-14-13-6-7-13/h11-14H,2-10H2,1H3. The van der Waals surface area contributed by atoms with Crippen molar-refractivity contribution < 1.29 is 4.74 Å². The van der Waals surface area contributed by atoms with Gasteiger partial charge in [-0.15, -0.1) is 0 Å². The first-order valence-electron chi connectivity index (χ1n) is 6.71. The van der Waals surface area contributed by atoms with Crippen molar-refractivity contribution >= 4 is 0 Å². The molecule has 0 bridgehead atoms. The second kappa shape index (κ2) is 5.86. The van der Waals surface area contributed by atoms with Gasteiger partial charge in [0.05, 0.1) is 0 Å². The van der Waals surface area contributed by atoms with Gasteiger partial charge in [-0.1, -0.05) is 13.3 Å². The minimum absolute atomic E-state index is 0.836. The molecule has 2 heteroatoms. The lowest BCUT2D eigenvalue weighted by molar-refractivity contribution is 0.0859. The summed E-state index contributed by atoms with van der Waals surface area (Å²) >= 11 is 0. The second-order valence-corrected chi connectivity index (χ2v) is 5.21. The van der Waals surface area contributed by atoms with Gasteiger partial charge >= 0.3 is 0 Å². The average molecular weight is 211 g/mol. The molecule has 2 unspecified atom stereocenters. The van der Waals surface area contributed by atoms with Crippen LogP contribution in [-0.2, 0) is 4.74 Å². The Kier molecular flexibility index (Phi) is 4.45. The van der Waals surface area contributed by atoms with Crippen LogP contribution in [0.4, 0.5) is 0 Å². The highest BCUT2D eigenvalue weighted by atomic mass is 16.5. The van der Waals surface area contributed by atoms with Crippen LogP contribution in [0.2, 0.25) is 0 Å². The maximum atomic E-state index is 5.69. The number of hydrogen-bond acceptors (Lipinski definition) is 2. The highest BCUT2D eigenvalue weighted by Gasteiger charge is 2.29. The van der Waals surface area contributed by atoms with Crippen LogP contribution in [0, 0.1) is 11.8 Å². The normalized spacial score (nSPS) is 31.0. The second-order valence-electron chi connectivity index (χ2n) is 5.21. The minimum Gasteiger partial charge on any atom is -0.381 e. The summed E-state index contributed by atoms with van der Waals surface area (Å²) in [7, 11) is 0. The SMILES string of the molecule is CCCOCC1CCCC1CNC1CC1. The van der Waals surface area contributed by atoms with Crippen molar-refractivity contribution in [2.24, 2.45) is 11.8 Å². The van der Waals surface area contributed by atoms with Crippen LogP contribution in [0.25, 0.3) is 0 Å². The van der Waals surface area contributed by atoms with Gasteiger partial charge in [0, 0.05) is 19.3 Å². The molecule has 2 atom stereocenters. The Morgan fingerprint density at radius 2 is 1.93 bits per heavy atom. The summed E-state index contributed by atoms with van der Waals surface area (Å²) in [5.74, 6) is 1.73. The quantitative estimate of drug-likeness (QED) is 0.654. The molecule has 2 rings (SSSR count). The summed E-state index contributed by atoms with van der Waals surface area (Å²) in [6.07, 6.45) is 8.18. The Balaban J connectivity index is 1.62. The number of hydrogen-bond donors (Lipinski definition) is 1. The van der Waals surface area contributed by atoms with Crippen molar-refractivity contribution in [2.75, 3.05) is 19.8 Å². The smallest absolute Gasteiger partial charge is 0.0497 e. The largest absolute Gasteiger partial charge is 0.381 e. The van der Waals surface area contributed by atoms with Gasteiger partial charge in [0.15, 0.2) is 0 Å². The van der Waals surface area contributed by atoms with Crippen molar-refractivity contribution in [3.05, 3.63) is 0 Å². The predicted octanol–water partition coefficient (Wildman–Crippen LogP) is 2.58. The van der Waals surface area contributed by atoms with E-state index in [1.165, 1.54) is 38.6 Å². The molecule has 0 aromatic rings. The van der Waals surface area contributed by atoms with E-state index in [1.54, 1.807) is 0 Å². The molecule has 0 radical (unpaired) electrons. The van der Waals surface area contributed by atoms with Gasteiger partial charge in [0.2, 0.25) is 0 Å². The summed E-state index contributed by atoms with van der Waals surface area (Å²) in [4.78, 5) is 0. The lowest BCUT2D eigenvalue weighted by Crippen LogP contribution is -2.28. The van der Waals surface area contributed by atoms with Crippen molar-refractivity contribution in [1.29, 1.82) is 0 Å². The zero-order chi connectivity index (χ0) is 10.5. The van der Waals surface area contributed by atoms with Gasteiger partial charge in [0.25, 0.3) is 0 Å². The molecule has 0 aromatic carbocycles. The summed E-state index contributed by atoms with van der Waals surface area (Å²) in [5.41, 5.74) is 0. The molecule has 0 heterocycles. The van der Waals surface area contributed by atoms with Crippen LogP contribution in [0.3, 0.4) is 0 Å². The molecule has 2 aliphatic carbocycles. The Morgan fingerprint density at radius 3 is 2.67 bits per heavy atom. The average Bonchev–Trinajstić information content (AvgIpc) is 2.97. The highest BCUT2D eigenvalue weighted by molar-refractivity contribution is 4.85. The summed E-state index contributed by atoms with van der Waals surface area (Å²) in [6.45, 7) is 5.37. The third kappa shape index (κ3) is 3.76. The molecule has 0 spiro atoms. The molecule has 0 aromatic heterocycles. The Morgan fingerprint density at radius 1 is 1.13 bits per heavy atom. The van der Waals surface area contributed by atoms with Gasteiger partial charge in [-0.25, -0.2) is 0 Å². The van der Waals surface area contributed by atoms with E-state index in [1.807, 2.05) is 0 Å². The van der Waals surface area contributed by atoms with Crippen LogP contribution in [-0.4, -0.2) is 25.8 Å². The van der Waals surface area contributed by atoms with Crippen LogP contribution in [0.1, 0.15) is 45.4 Å². The maximum absolute atomic E-state index is 5.69. The van der Waals surface area contributed by atoms with Crippen LogP contribution in [0.5, 0.6) is 0 Å². The van der Waals surface area contributed by atoms with Crippen molar-refractivity contribution in [3.63, 3.8) is 0 Å². The Hall–Kier alpha value is -0.0800. The van der Waals surface area contributed by atoms with E-state index in [4.69, 9.17) is 4.74 Å². The lowest BCUT2D eigenvalue weighted by Gasteiger charge is -2.19. The molecule has 0 saturated heterocycles. The maximum Gasteiger partial charge on any atom is 0.0497 e. The van der Waals surface area contributed by atoms with Crippen LogP contribution >= 0.6 is 0 Å². The molecule has 2 nitrogen and oxygen atoms in total. The molecule has 1 N–H and O–H groups in total. The van der Waals surface area contributed by atoms with E-state index in [9.17, 15) is 0 Å². The molecular formula is C13H25NO. The Labute approximate surface area is 93.8 Å². The third-order valence-corrected chi connectivity index (χ3v) is 3.74. The van der Waals surface area contributed by atoms with Crippen molar-refractivity contribution in [1.82, 2.24) is 5.32 Å². The first-order valence-corrected chi connectivity index (χ1v) is 6.71. The molecule has 15 heavy (non-hydrogen) atoms. The van der Waals surface area contributed by atoms with Gasteiger partial charge < -0.3 is 10.1 Å². The van der Waals surface area contributed by atoms with Gasteiger partial charge in [-0.2, -0.15) is 0 Å². The van der Waals surface area contributed by atoms with E-state index in [0.29, 0.717) is 0 Å². The van der Waals surface area contributed by atoms with Gasteiger partial charge in [0.1, 0.15) is 0 Å². The fourth-order valence-corrected chi connectivity index (χ4v) is 2.59. The zero-order valence-corrected chi connectivity index (χ0v) is 10.0. The van der Waals surface area contributed by atoms with Crippen LogP contribution in [0.15, 0.2) is 0 Å². The van der Waals surface area contributed by atoms with Gasteiger partial charge in [-0.05, 0) is 50.5 Å². The van der Waals surface area contributed by atoms with E-state index >= 15 is 0 Å². The monoisotopic (exact) mass is 211 g/mol. The number of ether oxygens (including phenoxy) is 1. The third-order valence-electron chi connectivity index (χ3n) is 3.74. The molecule has 2 saturated carbocycles. The van der Waals surface area contributed by atoms with E-state index in [-0.39, 0.29) is 0 Å². The molecule has 0 aliphatic heterocycles. The fourth-order valence-electron chi connectivity index (χ4n) is 2.59. The van der Waals surface area contributed by atoms with E-state index < -0.39 is 0 Å². The first kappa shape index (κ1) is 11.4. The fraction of sp³-hybridized carbons (Fsp3) is 1.00. The number of nitrogens with one attached hydrogen (secondary N) is 1. The summed E-state index contributed by atoms with van der Waals surface area (Å²) < 4.78 is 5.69. The van der Waals surface area contributed by atoms with Crippen molar-refractivity contribution in [3.8, 4) is 0 Å². The molecular weight excluding hydrogens is 186 g/mol. The molecule has 88 valence electrons. The van der Waals surface area contributed by atoms with Crippen molar-refractivity contribution in [2.45, 2.75) is 51.5 Å². The van der Waals surface area contributed by atoms with E-state index in [0.717, 1.165) is 37.5 Å². The van der Waals surface area contributed by atoms with Gasteiger partial charge in [-0.3, -0.25) is 0 Å². The minimum atomic E-state index is 0.836. The predicted molar refractivity (Wildman–Crippen MR) is 63.0 cm³/mol. The molecule has 2 aliphatic rings. The van der Waals surface area contributed by atoms with E-state index in [2.05, 4.69) is 12.2 Å². The summed E-state index contributed by atoms with van der Waals surface area (Å²) in [6, 6.07) is 0.864. The topological polar surface area (TPSA) is 21.3 Å². The highest BCUT2D eigenvalue weighted by Crippen LogP contribution is 2.32. The lowest BCUT2D eigenvalue weighted by atomic mass is 9.97. The number of rotatable bonds is 7. The molecule has 0 amide bonds. The zero-order valence-electron chi connectivity index (χ0n) is 10.0. The van der Waals surface area contributed by atoms with Crippen LogP contribution < -0.4 is 5.32 Å². The summed E-state index contributed by atoms with van der Waals surface area (Å²) in [5, 5.41) is 3.66. The Bertz CT molecular complexity index is 179. The molecule has 2 fully saturated rings. The first-order chi connectivity index (χ1) is 7.40.